The molecule has 0 atom stereocenters. The van der Waals surface area contributed by atoms with Crippen molar-refractivity contribution in [3.63, 3.8) is 0 Å². The summed E-state index contributed by atoms with van der Waals surface area (Å²) in [6, 6.07) is 0. The van der Waals surface area contributed by atoms with Gasteiger partial charge in [-0.25, -0.2) is 8.42 Å². The maximum atomic E-state index is 11.7. The third-order valence-corrected chi connectivity index (χ3v) is 4.79. The van der Waals surface area contributed by atoms with Gasteiger partial charge in [-0.2, -0.15) is 0 Å². The molecule has 110 valence electrons. The van der Waals surface area contributed by atoms with E-state index in [0.29, 0.717) is 35.2 Å². The Labute approximate surface area is 122 Å². The van der Waals surface area contributed by atoms with Gasteiger partial charge >= 0.3 is 0 Å². The molecule has 0 saturated carbocycles. The SMILES string of the molecule is CCCc1nnc(-c2c(C)c(S(=O)(=O)Cl)c(C)n2C)o1. The molecule has 0 spiro atoms. The minimum Gasteiger partial charge on any atom is -0.419 e. The van der Waals surface area contributed by atoms with Gasteiger partial charge in [-0.05, 0) is 20.3 Å². The van der Waals surface area contributed by atoms with Crippen LogP contribution >= 0.6 is 10.7 Å². The maximum Gasteiger partial charge on any atom is 0.264 e. The molecule has 6 nitrogen and oxygen atoms in total. The van der Waals surface area contributed by atoms with Crippen LogP contribution in [0.4, 0.5) is 0 Å². The van der Waals surface area contributed by atoms with Crippen molar-refractivity contribution in [2.45, 2.75) is 38.5 Å². The summed E-state index contributed by atoms with van der Waals surface area (Å²) in [5.74, 6) is 0.846. The third kappa shape index (κ3) is 2.47. The second-order valence-electron chi connectivity index (χ2n) is 4.64. The Balaban J connectivity index is 2.63. The van der Waals surface area contributed by atoms with E-state index in [1.807, 2.05) is 6.92 Å². The lowest BCUT2D eigenvalue weighted by atomic mass is 10.2. The van der Waals surface area contributed by atoms with Crippen LogP contribution in [-0.4, -0.2) is 23.2 Å². The first-order valence-corrected chi connectivity index (χ1v) is 8.51. The molecule has 20 heavy (non-hydrogen) atoms. The largest absolute Gasteiger partial charge is 0.419 e. The van der Waals surface area contributed by atoms with Gasteiger partial charge in [0.05, 0.1) is 0 Å². The van der Waals surface area contributed by atoms with Crippen molar-refractivity contribution < 1.29 is 12.8 Å². The van der Waals surface area contributed by atoms with Crippen molar-refractivity contribution >= 4 is 19.7 Å². The highest BCUT2D eigenvalue weighted by Crippen LogP contribution is 2.34. The Hall–Kier alpha value is -1.34. The van der Waals surface area contributed by atoms with Crippen LogP contribution in [0.2, 0.25) is 0 Å². The minimum absolute atomic E-state index is 0.104. The lowest BCUT2D eigenvalue weighted by Gasteiger charge is -2.00. The van der Waals surface area contributed by atoms with Crippen molar-refractivity contribution in [2.24, 2.45) is 7.05 Å². The minimum atomic E-state index is -3.82. The molecule has 0 bridgehead atoms. The Morgan fingerprint density at radius 1 is 1.30 bits per heavy atom. The van der Waals surface area contributed by atoms with Gasteiger partial charge in [-0.15, -0.1) is 10.2 Å². The zero-order valence-corrected chi connectivity index (χ0v) is 13.3. The number of aromatic nitrogens is 3. The standard InChI is InChI=1S/C12H16ClN3O3S/c1-5-6-9-14-15-12(19-9)10-7(2)11(20(13,17)18)8(3)16(10)4/h5-6H2,1-4H3. The van der Waals surface area contributed by atoms with Crippen LogP contribution in [0.5, 0.6) is 0 Å². The van der Waals surface area contributed by atoms with Crippen LogP contribution < -0.4 is 0 Å². The maximum absolute atomic E-state index is 11.7. The zero-order chi connectivity index (χ0) is 15.1. The summed E-state index contributed by atoms with van der Waals surface area (Å²) in [5.41, 5.74) is 1.64. The summed E-state index contributed by atoms with van der Waals surface area (Å²) in [6.45, 7) is 5.39. The van der Waals surface area contributed by atoms with Gasteiger partial charge in [0, 0.05) is 35.4 Å². The number of rotatable bonds is 4. The van der Waals surface area contributed by atoms with Crippen molar-refractivity contribution in [3.8, 4) is 11.6 Å². The van der Waals surface area contributed by atoms with Gasteiger partial charge < -0.3 is 8.98 Å². The summed E-state index contributed by atoms with van der Waals surface area (Å²) in [6.07, 6.45) is 1.59. The molecule has 0 N–H and O–H groups in total. The van der Waals surface area contributed by atoms with Gasteiger partial charge in [0.2, 0.25) is 5.89 Å². The normalized spacial score (nSPS) is 12.1. The number of nitrogens with zero attached hydrogens (tertiary/aromatic N) is 3. The molecular weight excluding hydrogens is 302 g/mol. The third-order valence-electron chi connectivity index (χ3n) is 3.24. The Morgan fingerprint density at radius 2 is 1.95 bits per heavy atom. The second-order valence-corrected chi connectivity index (χ2v) is 7.14. The van der Waals surface area contributed by atoms with Gasteiger partial charge in [0.15, 0.2) is 0 Å². The smallest absolute Gasteiger partial charge is 0.264 e. The molecule has 0 fully saturated rings. The van der Waals surface area contributed by atoms with Gasteiger partial charge in [0.25, 0.3) is 14.9 Å². The van der Waals surface area contributed by atoms with Crippen molar-refractivity contribution in [1.82, 2.24) is 14.8 Å². The van der Waals surface area contributed by atoms with Gasteiger partial charge in [-0.1, -0.05) is 6.92 Å². The predicted molar refractivity (Wildman–Crippen MR) is 75.2 cm³/mol. The summed E-state index contributed by atoms with van der Waals surface area (Å²) < 4.78 is 30.6. The van der Waals surface area contributed by atoms with Crippen LogP contribution in [0.3, 0.4) is 0 Å². The molecule has 0 amide bonds. The van der Waals surface area contributed by atoms with Crippen molar-refractivity contribution in [1.29, 1.82) is 0 Å². The van der Waals surface area contributed by atoms with Crippen LogP contribution in [0.15, 0.2) is 9.31 Å². The van der Waals surface area contributed by atoms with E-state index < -0.39 is 9.05 Å². The van der Waals surface area contributed by atoms with Crippen molar-refractivity contribution in [3.05, 3.63) is 17.1 Å². The fraction of sp³-hybridized carbons (Fsp3) is 0.500. The molecule has 0 aliphatic heterocycles. The van der Waals surface area contributed by atoms with E-state index in [2.05, 4.69) is 10.2 Å². The van der Waals surface area contributed by atoms with Gasteiger partial charge in [-0.3, -0.25) is 0 Å². The fourth-order valence-electron chi connectivity index (χ4n) is 2.28. The topological polar surface area (TPSA) is 78.0 Å². The van der Waals surface area contributed by atoms with Crippen LogP contribution in [0, 0.1) is 13.8 Å². The average molecular weight is 318 g/mol. The summed E-state index contributed by atoms with van der Waals surface area (Å²) >= 11 is 0. The van der Waals surface area contributed by atoms with Gasteiger partial charge in [0.1, 0.15) is 10.6 Å². The van der Waals surface area contributed by atoms with E-state index in [-0.39, 0.29) is 4.90 Å². The molecule has 0 aliphatic rings. The predicted octanol–water partition coefficient (Wildman–Crippen LogP) is 2.57. The first-order chi connectivity index (χ1) is 9.27. The Kier molecular flexibility index (Phi) is 3.93. The van der Waals surface area contributed by atoms with E-state index in [4.69, 9.17) is 15.1 Å². The average Bonchev–Trinajstić information content (AvgIpc) is 2.84. The molecule has 0 aliphatic carbocycles. The zero-order valence-electron chi connectivity index (χ0n) is 11.8. The van der Waals surface area contributed by atoms with Crippen molar-refractivity contribution in [2.75, 3.05) is 0 Å². The second kappa shape index (κ2) is 5.21. The lowest BCUT2D eigenvalue weighted by molar-refractivity contribution is 0.498. The highest BCUT2D eigenvalue weighted by Gasteiger charge is 2.27. The molecular formula is C12H16ClN3O3S. The molecule has 8 heteroatoms. The first-order valence-electron chi connectivity index (χ1n) is 6.20. The number of hydrogen-bond donors (Lipinski definition) is 0. The molecule has 2 aromatic rings. The number of aryl methyl sites for hydroxylation is 1. The molecule has 0 unspecified atom stereocenters. The van der Waals surface area contributed by atoms with E-state index >= 15 is 0 Å². The summed E-state index contributed by atoms with van der Waals surface area (Å²) in [4.78, 5) is 0.104. The summed E-state index contributed by atoms with van der Waals surface area (Å²) in [5, 5.41) is 7.94. The summed E-state index contributed by atoms with van der Waals surface area (Å²) in [7, 11) is 3.42. The molecule has 0 aromatic carbocycles. The lowest BCUT2D eigenvalue weighted by Crippen LogP contribution is -1.97. The molecule has 0 radical (unpaired) electrons. The Morgan fingerprint density at radius 3 is 2.45 bits per heavy atom. The molecule has 0 saturated heterocycles. The monoisotopic (exact) mass is 317 g/mol. The Bertz CT molecular complexity index is 746. The van der Waals surface area contributed by atoms with E-state index in [0.717, 1.165) is 6.42 Å². The highest BCUT2D eigenvalue weighted by molar-refractivity contribution is 8.13. The molecule has 2 heterocycles. The number of hydrogen-bond acceptors (Lipinski definition) is 5. The van der Waals surface area contributed by atoms with E-state index in [9.17, 15) is 8.42 Å². The highest BCUT2D eigenvalue weighted by atomic mass is 35.7. The van der Waals surface area contributed by atoms with Crippen LogP contribution in [-0.2, 0) is 22.5 Å². The molecule has 2 aromatic heterocycles. The molecule has 2 rings (SSSR count). The quantitative estimate of drug-likeness (QED) is 0.810. The van der Waals surface area contributed by atoms with E-state index in [1.165, 1.54) is 0 Å². The van der Waals surface area contributed by atoms with Crippen LogP contribution in [0.1, 0.15) is 30.5 Å². The first kappa shape index (κ1) is 15.1. The van der Waals surface area contributed by atoms with Crippen LogP contribution in [0.25, 0.3) is 11.6 Å². The number of halogens is 1. The van der Waals surface area contributed by atoms with E-state index in [1.54, 1.807) is 25.5 Å². The fourth-order valence-corrected chi connectivity index (χ4v) is 3.91.